The van der Waals surface area contributed by atoms with Crippen LogP contribution in [0.5, 0.6) is 0 Å². The fourth-order valence-electron chi connectivity index (χ4n) is 2.41. The fraction of sp³-hybridized carbons (Fsp3) is 0.0714. The first kappa shape index (κ1) is 10.1. The fourth-order valence-corrected chi connectivity index (χ4v) is 2.41. The summed E-state index contributed by atoms with van der Waals surface area (Å²) in [5.74, 6) is -0.967. The molecule has 0 amide bonds. The molecule has 1 aliphatic carbocycles. The molecule has 2 aromatic rings. The SMILES string of the molecule is O=C(O)c1cccc2c1-c1ccccc1[C@@H]2O. The van der Waals surface area contributed by atoms with Crippen molar-refractivity contribution >= 4 is 5.97 Å². The summed E-state index contributed by atoms with van der Waals surface area (Å²) in [6.45, 7) is 0. The van der Waals surface area contributed by atoms with Crippen molar-refractivity contribution < 1.29 is 15.0 Å². The summed E-state index contributed by atoms with van der Waals surface area (Å²) < 4.78 is 0. The predicted octanol–water partition coefficient (Wildman–Crippen LogP) is 2.45. The van der Waals surface area contributed by atoms with Gasteiger partial charge in [-0.1, -0.05) is 36.4 Å². The lowest BCUT2D eigenvalue weighted by Crippen LogP contribution is -2.00. The van der Waals surface area contributed by atoms with Gasteiger partial charge in [0.05, 0.1) is 5.56 Å². The average molecular weight is 226 g/mol. The van der Waals surface area contributed by atoms with Gasteiger partial charge in [-0.05, 0) is 22.8 Å². The molecular weight excluding hydrogens is 216 g/mol. The van der Waals surface area contributed by atoms with Crippen molar-refractivity contribution in [3.63, 3.8) is 0 Å². The Hall–Kier alpha value is -2.13. The lowest BCUT2D eigenvalue weighted by Gasteiger charge is -2.06. The first-order valence-corrected chi connectivity index (χ1v) is 5.33. The van der Waals surface area contributed by atoms with Gasteiger partial charge in [-0.3, -0.25) is 0 Å². The molecule has 0 fully saturated rings. The van der Waals surface area contributed by atoms with E-state index in [4.69, 9.17) is 0 Å². The molecule has 3 nitrogen and oxygen atoms in total. The van der Waals surface area contributed by atoms with Crippen LogP contribution in [0.1, 0.15) is 27.6 Å². The van der Waals surface area contributed by atoms with E-state index in [1.165, 1.54) is 0 Å². The monoisotopic (exact) mass is 226 g/mol. The van der Waals surface area contributed by atoms with Crippen LogP contribution in [-0.2, 0) is 0 Å². The quantitative estimate of drug-likeness (QED) is 0.785. The number of carboxylic acid groups (broad SMARTS) is 1. The van der Waals surface area contributed by atoms with Crippen LogP contribution in [-0.4, -0.2) is 16.2 Å². The maximum absolute atomic E-state index is 11.2. The van der Waals surface area contributed by atoms with Crippen LogP contribution in [0.25, 0.3) is 11.1 Å². The second-order valence-electron chi connectivity index (χ2n) is 4.06. The Balaban J connectivity index is 2.38. The number of fused-ring (bicyclic) bond motifs is 3. The van der Waals surface area contributed by atoms with Crippen LogP contribution in [0.15, 0.2) is 42.5 Å². The van der Waals surface area contributed by atoms with E-state index in [2.05, 4.69) is 0 Å². The standard InChI is InChI=1S/C14H10O3/c15-13-9-5-2-1-4-8(9)12-10(13)6-3-7-11(12)14(16)17/h1-7,13,15H,(H,16,17)/t13-/m0/s1. The Morgan fingerprint density at radius 2 is 1.71 bits per heavy atom. The Morgan fingerprint density at radius 1 is 1.00 bits per heavy atom. The number of aliphatic hydroxyl groups is 1. The molecular formula is C14H10O3. The van der Waals surface area contributed by atoms with E-state index in [0.717, 1.165) is 11.1 Å². The molecule has 0 saturated heterocycles. The maximum atomic E-state index is 11.2. The molecule has 0 saturated carbocycles. The minimum Gasteiger partial charge on any atom is -0.478 e. The van der Waals surface area contributed by atoms with Crippen molar-refractivity contribution in [2.24, 2.45) is 0 Å². The summed E-state index contributed by atoms with van der Waals surface area (Å²) in [5.41, 5.74) is 3.14. The van der Waals surface area contributed by atoms with E-state index in [-0.39, 0.29) is 5.56 Å². The largest absolute Gasteiger partial charge is 0.478 e. The average Bonchev–Trinajstić information content (AvgIpc) is 2.64. The van der Waals surface area contributed by atoms with Gasteiger partial charge in [0.1, 0.15) is 6.10 Å². The zero-order chi connectivity index (χ0) is 12.0. The van der Waals surface area contributed by atoms with Gasteiger partial charge in [0.2, 0.25) is 0 Å². The Morgan fingerprint density at radius 3 is 2.47 bits per heavy atom. The third-order valence-electron chi connectivity index (χ3n) is 3.15. The molecule has 0 heterocycles. The van der Waals surface area contributed by atoms with Crippen molar-refractivity contribution in [1.82, 2.24) is 0 Å². The third-order valence-corrected chi connectivity index (χ3v) is 3.15. The Kier molecular flexibility index (Phi) is 2.03. The number of aromatic carboxylic acids is 1. The van der Waals surface area contributed by atoms with E-state index in [0.29, 0.717) is 11.1 Å². The van der Waals surface area contributed by atoms with Gasteiger partial charge in [0.15, 0.2) is 0 Å². The van der Waals surface area contributed by atoms with Crippen LogP contribution in [0.4, 0.5) is 0 Å². The summed E-state index contributed by atoms with van der Waals surface area (Å²) in [5, 5.41) is 19.3. The molecule has 0 aromatic heterocycles. The lowest BCUT2D eigenvalue weighted by molar-refractivity contribution is 0.0697. The molecule has 3 heteroatoms. The highest BCUT2D eigenvalue weighted by Gasteiger charge is 2.29. The second kappa shape index (κ2) is 3.43. The molecule has 2 N–H and O–H groups in total. The van der Waals surface area contributed by atoms with Crippen molar-refractivity contribution in [1.29, 1.82) is 0 Å². The van der Waals surface area contributed by atoms with Crippen LogP contribution >= 0.6 is 0 Å². The number of benzene rings is 2. The molecule has 0 spiro atoms. The van der Waals surface area contributed by atoms with E-state index < -0.39 is 12.1 Å². The Bertz CT molecular complexity index is 617. The first-order chi connectivity index (χ1) is 8.20. The van der Waals surface area contributed by atoms with Crippen molar-refractivity contribution in [3.05, 3.63) is 59.2 Å². The van der Waals surface area contributed by atoms with Crippen LogP contribution in [0, 0.1) is 0 Å². The van der Waals surface area contributed by atoms with Crippen molar-refractivity contribution in [2.45, 2.75) is 6.10 Å². The van der Waals surface area contributed by atoms with Gasteiger partial charge in [-0.25, -0.2) is 4.79 Å². The second-order valence-corrected chi connectivity index (χ2v) is 4.06. The normalized spacial score (nSPS) is 16.4. The number of carboxylic acids is 1. The van der Waals surface area contributed by atoms with Gasteiger partial charge in [0.25, 0.3) is 0 Å². The number of hydrogen-bond donors (Lipinski definition) is 2. The number of aliphatic hydroxyl groups excluding tert-OH is 1. The van der Waals surface area contributed by atoms with Gasteiger partial charge >= 0.3 is 5.97 Å². The van der Waals surface area contributed by atoms with Crippen molar-refractivity contribution in [2.75, 3.05) is 0 Å². The predicted molar refractivity (Wildman–Crippen MR) is 62.9 cm³/mol. The van der Waals surface area contributed by atoms with Crippen LogP contribution in [0.2, 0.25) is 0 Å². The molecule has 0 bridgehead atoms. The number of rotatable bonds is 1. The number of hydrogen-bond acceptors (Lipinski definition) is 2. The minimum absolute atomic E-state index is 0.242. The van der Waals surface area contributed by atoms with Crippen LogP contribution in [0.3, 0.4) is 0 Å². The highest BCUT2D eigenvalue weighted by molar-refractivity contribution is 5.99. The van der Waals surface area contributed by atoms with E-state index >= 15 is 0 Å². The minimum atomic E-state index is -0.967. The third kappa shape index (κ3) is 1.29. The zero-order valence-electron chi connectivity index (χ0n) is 8.92. The molecule has 17 heavy (non-hydrogen) atoms. The summed E-state index contributed by atoms with van der Waals surface area (Å²) in [4.78, 5) is 11.2. The molecule has 2 aromatic carbocycles. The smallest absolute Gasteiger partial charge is 0.336 e. The lowest BCUT2D eigenvalue weighted by atomic mass is 9.99. The highest BCUT2D eigenvalue weighted by atomic mass is 16.4. The maximum Gasteiger partial charge on any atom is 0.336 e. The first-order valence-electron chi connectivity index (χ1n) is 5.33. The zero-order valence-corrected chi connectivity index (χ0v) is 8.92. The molecule has 0 radical (unpaired) electrons. The highest BCUT2D eigenvalue weighted by Crippen LogP contribution is 2.44. The van der Waals surface area contributed by atoms with Crippen molar-refractivity contribution in [3.8, 4) is 11.1 Å². The molecule has 84 valence electrons. The summed E-state index contributed by atoms with van der Waals surface area (Å²) in [6.07, 6.45) is -0.722. The van der Waals surface area contributed by atoms with E-state index in [9.17, 15) is 15.0 Å². The topological polar surface area (TPSA) is 57.5 Å². The molecule has 3 rings (SSSR count). The Labute approximate surface area is 98.0 Å². The van der Waals surface area contributed by atoms with Gasteiger partial charge in [-0.2, -0.15) is 0 Å². The molecule has 1 aliphatic rings. The number of carbonyl (C=O) groups is 1. The van der Waals surface area contributed by atoms with E-state index in [1.54, 1.807) is 18.2 Å². The van der Waals surface area contributed by atoms with Gasteiger partial charge in [-0.15, -0.1) is 0 Å². The summed E-state index contributed by atoms with van der Waals surface area (Å²) >= 11 is 0. The summed E-state index contributed by atoms with van der Waals surface area (Å²) in [7, 11) is 0. The summed E-state index contributed by atoms with van der Waals surface area (Å²) in [6, 6.07) is 12.4. The van der Waals surface area contributed by atoms with Gasteiger partial charge in [0, 0.05) is 5.56 Å². The van der Waals surface area contributed by atoms with E-state index in [1.807, 2.05) is 24.3 Å². The molecule has 0 aliphatic heterocycles. The van der Waals surface area contributed by atoms with Gasteiger partial charge < -0.3 is 10.2 Å². The van der Waals surface area contributed by atoms with Crippen LogP contribution < -0.4 is 0 Å². The molecule has 1 atom stereocenters. The molecule has 0 unspecified atom stereocenters.